The number of hydrogen-bond acceptors (Lipinski definition) is 5. The number of rotatable bonds is 4. The van der Waals surface area contributed by atoms with Gasteiger partial charge in [-0.3, -0.25) is 4.79 Å². The van der Waals surface area contributed by atoms with E-state index in [1.807, 2.05) is 52.2 Å². The van der Waals surface area contributed by atoms with Gasteiger partial charge in [0.2, 0.25) is 0 Å². The van der Waals surface area contributed by atoms with Gasteiger partial charge < -0.3 is 4.57 Å². The van der Waals surface area contributed by atoms with Gasteiger partial charge in [0.1, 0.15) is 0 Å². The molecular weight excluding hydrogens is 400 g/mol. The van der Waals surface area contributed by atoms with Gasteiger partial charge in [-0.1, -0.05) is 24.3 Å². The molecule has 156 valence electrons. The molecule has 0 fully saturated rings. The minimum absolute atomic E-state index is 0.102. The Morgan fingerprint density at radius 2 is 1.78 bits per heavy atom. The van der Waals surface area contributed by atoms with Gasteiger partial charge in [0.25, 0.3) is 5.95 Å². The maximum Gasteiger partial charge on any atom is 0.253 e. The molecule has 7 nitrogen and oxygen atoms in total. The third-order valence-electron chi connectivity index (χ3n) is 5.87. The molecule has 0 unspecified atom stereocenters. The summed E-state index contributed by atoms with van der Waals surface area (Å²) in [5.74, 6) is 0.424. The third kappa shape index (κ3) is 3.06. The average Bonchev–Trinajstić information content (AvgIpc) is 3.52. The maximum absolute atomic E-state index is 12.6. The van der Waals surface area contributed by atoms with Gasteiger partial charge in [0, 0.05) is 30.3 Å². The molecule has 0 atom stereocenters. The largest absolute Gasteiger partial charge is 0.301 e. The quantitative estimate of drug-likeness (QED) is 0.438. The number of para-hydroxylation sites is 1. The minimum atomic E-state index is -0.102. The highest BCUT2D eigenvalue weighted by molar-refractivity contribution is 5.77. The number of fused-ring (bicyclic) bond motifs is 2. The second kappa shape index (κ2) is 7.46. The van der Waals surface area contributed by atoms with Crippen LogP contribution in [0.4, 0.5) is 11.6 Å². The number of hydrogen-bond donors (Lipinski definition) is 0. The van der Waals surface area contributed by atoms with Crippen molar-refractivity contribution in [3.05, 3.63) is 107 Å². The summed E-state index contributed by atoms with van der Waals surface area (Å²) in [5.41, 5.74) is 5.08. The highest BCUT2D eigenvalue weighted by atomic mass is 16.1. The van der Waals surface area contributed by atoms with Crippen molar-refractivity contribution in [1.82, 2.24) is 24.4 Å². The Balaban J connectivity index is 1.56. The summed E-state index contributed by atoms with van der Waals surface area (Å²) in [5, 5.41) is 6.67. The van der Waals surface area contributed by atoms with E-state index in [9.17, 15) is 4.79 Å². The fourth-order valence-corrected chi connectivity index (χ4v) is 4.32. The van der Waals surface area contributed by atoms with Crippen LogP contribution in [0.3, 0.4) is 0 Å². The molecule has 6 rings (SSSR count). The summed E-state index contributed by atoms with van der Waals surface area (Å²) < 4.78 is 1.97. The first-order valence-electron chi connectivity index (χ1n) is 10.6. The Morgan fingerprint density at radius 3 is 2.62 bits per heavy atom. The van der Waals surface area contributed by atoms with E-state index in [0.717, 1.165) is 24.2 Å². The lowest BCUT2D eigenvalue weighted by molar-refractivity contribution is 0.683. The van der Waals surface area contributed by atoms with Crippen LogP contribution in [0, 0.1) is 0 Å². The first-order valence-corrected chi connectivity index (χ1v) is 10.6. The molecule has 0 N–H and O–H groups in total. The number of aryl methyl sites for hydroxylation is 2. The molecule has 2 aromatic carbocycles. The second-order valence-electron chi connectivity index (χ2n) is 7.84. The molecule has 3 aromatic heterocycles. The summed E-state index contributed by atoms with van der Waals surface area (Å²) in [4.78, 5) is 23.7. The van der Waals surface area contributed by atoms with Crippen LogP contribution >= 0.6 is 0 Å². The number of benzene rings is 2. The maximum atomic E-state index is 12.6. The SMILES string of the molecule is O=c1ccn(-c2ccc3c(c2)CCC3)c2nc(N(c3ccccc3)n3cccn3)ncc12. The van der Waals surface area contributed by atoms with E-state index in [2.05, 4.69) is 28.3 Å². The summed E-state index contributed by atoms with van der Waals surface area (Å²) in [6, 6.07) is 19.7. The molecule has 1 aliphatic rings. The van der Waals surface area contributed by atoms with Crippen LogP contribution in [0.2, 0.25) is 0 Å². The fraction of sp³-hybridized carbons (Fsp3) is 0.120. The van der Waals surface area contributed by atoms with Crippen molar-refractivity contribution in [3.63, 3.8) is 0 Å². The molecule has 1 aliphatic carbocycles. The molecule has 32 heavy (non-hydrogen) atoms. The van der Waals surface area contributed by atoms with Crippen LogP contribution < -0.4 is 10.4 Å². The first-order chi connectivity index (χ1) is 15.8. The smallest absolute Gasteiger partial charge is 0.253 e. The summed E-state index contributed by atoms with van der Waals surface area (Å²) in [6.07, 6.45) is 10.3. The van der Waals surface area contributed by atoms with Gasteiger partial charge in [0.05, 0.1) is 17.3 Å². The van der Waals surface area contributed by atoms with Crippen molar-refractivity contribution < 1.29 is 0 Å². The molecule has 3 heterocycles. The lowest BCUT2D eigenvalue weighted by Gasteiger charge is -2.22. The van der Waals surface area contributed by atoms with Gasteiger partial charge in [-0.15, -0.1) is 0 Å². The Labute approximate surface area is 184 Å². The highest BCUT2D eigenvalue weighted by Gasteiger charge is 2.18. The summed E-state index contributed by atoms with van der Waals surface area (Å²) in [6.45, 7) is 0. The number of anilines is 2. The Hall–Kier alpha value is -4.26. The predicted molar refractivity (Wildman–Crippen MR) is 123 cm³/mol. The van der Waals surface area contributed by atoms with E-state index < -0.39 is 0 Å². The van der Waals surface area contributed by atoms with Gasteiger partial charge in [0.15, 0.2) is 11.1 Å². The first kappa shape index (κ1) is 18.5. The number of aromatic nitrogens is 5. The fourth-order valence-electron chi connectivity index (χ4n) is 4.32. The Kier molecular flexibility index (Phi) is 4.31. The topological polar surface area (TPSA) is 68.8 Å². The van der Waals surface area contributed by atoms with Crippen LogP contribution in [-0.4, -0.2) is 24.4 Å². The zero-order valence-electron chi connectivity index (χ0n) is 17.3. The molecule has 0 bridgehead atoms. The lowest BCUT2D eigenvalue weighted by atomic mass is 10.1. The normalized spacial score (nSPS) is 12.8. The van der Waals surface area contributed by atoms with Crippen LogP contribution in [0.1, 0.15) is 17.5 Å². The van der Waals surface area contributed by atoms with E-state index >= 15 is 0 Å². The molecule has 5 aromatic rings. The molecule has 0 radical (unpaired) electrons. The van der Waals surface area contributed by atoms with Crippen molar-refractivity contribution in [2.75, 3.05) is 5.01 Å². The zero-order valence-corrected chi connectivity index (χ0v) is 17.3. The van der Waals surface area contributed by atoms with Crippen LogP contribution in [0.25, 0.3) is 16.7 Å². The van der Waals surface area contributed by atoms with E-state index in [0.29, 0.717) is 17.0 Å². The van der Waals surface area contributed by atoms with E-state index in [-0.39, 0.29) is 5.43 Å². The van der Waals surface area contributed by atoms with Crippen molar-refractivity contribution in [2.45, 2.75) is 19.3 Å². The summed E-state index contributed by atoms with van der Waals surface area (Å²) >= 11 is 0. The van der Waals surface area contributed by atoms with Crippen molar-refractivity contribution >= 4 is 22.7 Å². The molecule has 0 saturated heterocycles. The van der Waals surface area contributed by atoms with E-state index in [4.69, 9.17) is 4.98 Å². The van der Waals surface area contributed by atoms with E-state index in [1.54, 1.807) is 29.4 Å². The second-order valence-corrected chi connectivity index (χ2v) is 7.84. The standard InChI is InChI=1S/C25H20N6O/c32-23-12-15-29(21-11-10-18-6-4-7-19(18)16-21)24-22(23)17-26-25(28-24)31(30-14-5-13-27-30)20-8-2-1-3-9-20/h1-3,5,8-17H,4,6-7H2. The number of pyridine rings is 1. The molecule has 0 saturated carbocycles. The van der Waals surface area contributed by atoms with Gasteiger partial charge in [-0.2, -0.15) is 19.9 Å². The minimum Gasteiger partial charge on any atom is -0.301 e. The average molecular weight is 420 g/mol. The van der Waals surface area contributed by atoms with Gasteiger partial charge in [-0.05, 0) is 60.7 Å². The van der Waals surface area contributed by atoms with Gasteiger partial charge in [-0.25, -0.2) is 4.98 Å². The lowest BCUT2D eigenvalue weighted by Crippen LogP contribution is -2.27. The number of nitrogens with zero attached hydrogens (tertiary/aromatic N) is 6. The van der Waals surface area contributed by atoms with Crippen LogP contribution in [0.5, 0.6) is 0 Å². The van der Waals surface area contributed by atoms with Crippen LogP contribution in [-0.2, 0) is 12.8 Å². The summed E-state index contributed by atoms with van der Waals surface area (Å²) in [7, 11) is 0. The van der Waals surface area contributed by atoms with Gasteiger partial charge >= 0.3 is 0 Å². The zero-order chi connectivity index (χ0) is 21.5. The Bertz CT molecular complexity index is 1470. The molecule has 0 amide bonds. The van der Waals surface area contributed by atoms with Crippen molar-refractivity contribution in [1.29, 1.82) is 0 Å². The molecule has 0 aliphatic heterocycles. The third-order valence-corrected chi connectivity index (χ3v) is 5.87. The molecule has 0 spiro atoms. The highest BCUT2D eigenvalue weighted by Crippen LogP contribution is 2.27. The van der Waals surface area contributed by atoms with Crippen molar-refractivity contribution in [3.8, 4) is 5.69 Å². The van der Waals surface area contributed by atoms with E-state index in [1.165, 1.54) is 17.5 Å². The molecule has 7 heteroatoms. The molecular formula is C25H20N6O. The predicted octanol–water partition coefficient (Wildman–Crippen LogP) is 4.07. The monoisotopic (exact) mass is 420 g/mol. The Morgan fingerprint density at radius 1 is 0.906 bits per heavy atom. The van der Waals surface area contributed by atoms with Crippen molar-refractivity contribution in [2.24, 2.45) is 0 Å². The van der Waals surface area contributed by atoms with Crippen LogP contribution in [0.15, 0.2) is 90.2 Å².